The molecule has 4 nitrogen and oxygen atoms in total. The van der Waals surface area contributed by atoms with Gasteiger partial charge in [-0.25, -0.2) is 13.1 Å². The third kappa shape index (κ3) is 6.03. The number of hydrogen-bond donors (Lipinski definition) is 2. The number of nitrogens with two attached hydrogens (primary N) is 1. The number of rotatable bonds is 9. The topological polar surface area (TPSA) is 72.2 Å². The van der Waals surface area contributed by atoms with E-state index in [2.05, 4.69) is 26.9 Å². The summed E-state index contributed by atoms with van der Waals surface area (Å²) in [5, 5.41) is 0. The number of thioether (sulfide) groups is 1. The van der Waals surface area contributed by atoms with Crippen LogP contribution >= 0.6 is 27.7 Å². The maximum absolute atomic E-state index is 12.1. The van der Waals surface area contributed by atoms with Crippen LogP contribution in [-0.4, -0.2) is 27.0 Å². The highest BCUT2D eigenvalue weighted by Gasteiger charge is 2.16. The van der Waals surface area contributed by atoms with Gasteiger partial charge in [-0.2, -0.15) is 11.8 Å². The summed E-state index contributed by atoms with van der Waals surface area (Å²) >= 11 is 5.10. The highest BCUT2D eigenvalue weighted by molar-refractivity contribution is 9.10. The summed E-state index contributed by atoms with van der Waals surface area (Å²) in [6.45, 7) is 0.455. The Bertz CT molecular complexity index is 521. The molecule has 0 amide bonds. The Morgan fingerprint density at radius 3 is 2.60 bits per heavy atom. The Morgan fingerprint density at radius 1 is 1.25 bits per heavy atom. The van der Waals surface area contributed by atoms with Gasteiger partial charge in [0.1, 0.15) is 4.90 Å². The largest absolute Gasteiger partial charge is 0.398 e. The molecule has 0 spiro atoms. The van der Waals surface area contributed by atoms with E-state index in [0.29, 0.717) is 6.54 Å². The van der Waals surface area contributed by atoms with Gasteiger partial charge in [0.05, 0.1) is 5.69 Å². The molecule has 1 aromatic carbocycles. The van der Waals surface area contributed by atoms with Crippen molar-refractivity contribution in [3.8, 4) is 0 Å². The van der Waals surface area contributed by atoms with Crippen molar-refractivity contribution in [1.29, 1.82) is 0 Å². The van der Waals surface area contributed by atoms with Gasteiger partial charge in [-0.3, -0.25) is 0 Å². The number of sulfonamides is 1. The van der Waals surface area contributed by atoms with Gasteiger partial charge >= 0.3 is 0 Å². The molecule has 1 aromatic rings. The van der Waals surface area contributed by atoms with Crippen LogP contribution in [0.4, 0.5) is 5.69 Å². The summed E-state index contributed by atoms with van der Waals surface area (Å²) in [6, 6.07) is 4.78. The number of anilines is 1. The van der Waals surface area contributed by atoms with E-state index in [0.717, 1.165) is 23.7 Å². The normalized spacial score (nSPS) is 11.7. The van der Waals surface area contributed by atoms with Gasteiger partial charge in [0.25, 0.3) is 0 Å². The fourth-order valence-corrected chi connectivity index (χ4v) is 3.83. The highest BCUT2D eigenvalue weighted by Crippen LogP contribution is 2.22. The molecule has 0 aliphatic rings. The molecule has 0 radical (unpaired) electrons. The molecule has 7 heteroatoms. The minimum atomic E-state index is -3.51. The van der Waals surface area contributed by atoms with E-state index in [1.807, 2.05) is 11.8 Å². The zero-order chi connectivity index (χ0) is 15.0. The van der Waals surface area contributed by atoms with Crippen LogP contribution in [0.15, 0.2) is 27.6 Å². The zero-order valence-electron chi connectivity index (χ0n) is 11.6. The maximum Gasteiger partial charge on any atom is 0.242 e. The minimum absolute atomic E-state index is 0.142. The van der Waals surface area contributed by atoms with Crippen LogP contribution in [-0.2, 0) is 10.0 Å². The first-order valence-electron chi connectivity index (χ1n) is 6.51. The van der Waals surface area contributed by atoms with Gasteiger partial charge < -0.3 is 5.73 Å². The molecule has 0 aliphatic carbocycles. The molecule has 1 rings (SSSR count). The van der Waals surface area contributed by atoms with E-state index < -0.39 is 10.0 Å². The second kappa shape index (κ2) is 8.92. The third-order valence-electron chi connectivity index (χ3n) is 2.83. The Morgan fingerprint density at radius 2 is 1.95 bits per heavy atom. The molecular formula is C13H21BrN2O2S2. The number of unbranched alkanes of at least 4 members (excludes halogenated alkanes) is 3. The number of halogens is 1. The van der Waals surface area contributed by atoms with Crippen LogP contribution in [0, 0.1) is 0 Å². The maximum atomic E-state index is 12.1. The summed E-state index contributed by atoms with van der Waals surface area (Å²) in [4.78, 5) is 0.142. The summed E-state index contributed by atoms with van der Waals surface area (Å²) < 4.78 is 27.5. The summed E-state index contributed by atoms with van der Waals surface area (Å²) in [5.74, 6) is 1.17. The van der Waals surface area contributed by atoms with Crippen LogP contribution in [0.3, 0.4) is 0 Å². The molecule has 0 unspecified atom stereocenters. The molecule has 0 atom stereocenters. The molecule has 0 aliphatic heterocycles. The molecule has 0 saturated carbocycles. The lowest BCUT2D eigenvalue weighted by Gasteiger charge is -2.09. The van der Waals surface area contributed by atoms with E-state index in [4.69, 9.17) is 5.73 Å². The van der Waals surface area contributed by atoms with Crippen molar-refractivity contribution in [1.82, 2.24) is 4.72 Å². The molecule has 3 N–H and O–H groups in total. The predicted octanol–water partition coefficient (Wildman–Crippen LogP) is 3.23. The van der Waals surface area contributed by atoms with Crippen molar-refractivity contribution in [2.45, 2.75) is 30.6 Å². The van der Waals surface area contributed by atoms with Crippen molar-refractivity contribution in [2.75, 3.05) is 24.3 Å². The first-order chi connectivity index (χ1) is 9.47. The SMILES string of the molecule is CSCCCCCCNS(=O)(=O)c1ccc(Br)cc1N. The molecule has 0 saturated heterocycles. The lowest BCUT2D eigenvalue weighted by molar-refractivity contribution is 0.574. The standard InChI is InChI=1S/C13H21BrN2O2S2/c1-19-9-5-3-2-4-8-16-20(17,18)13-7-6-11(14)10-12(13)15/h6-7,10,16H,2-5,8-9,15H2,1H3. The lowest BCUT2D eigenvalue weighted by Crippen LogP contribution is -2.25. The number of nitrogens with one attached hydrogen (secondary N) is 1. The second-order valence-corrected chi connectivity index (χ2v) is 8.12. The third-order valence-corrected chi connectivity index (χ3v) is 5.55. The average molecular weight is 381 g/mol. The minimum Gasteiger partial charge on any atom is -0.398 e. The predicted molar refractivity (Wildman–Crippen MR) is 90.6 cm³/mol. The zero-order valence-corrected chi connectivity index (χ0v) is 14.8. The van der Waals surface area contributed by atoms with Crippen molar-refractivity contribution < 1.29 is 8.42 Å². The Balaban J connectivity index is 2.42. The summed E-state index contributed by atoms with van der Waals surface area (Å²) in [7, 11) is -3.51. The molecule has 0 heterocycles. The first kappa shape index (κ1) is 17.8. The smallest absolute Gasteiger partial charge is 0.242 e. The van der Waals surface area contributed by atoms with Gasteiger partial charge in [0.2, 0.25) is 10.0 Å². The fourth-order valence-electron chi connectivity index (χ4n) is 1.77. The van der Waals surface area contributed by atoms with Gasteiger partial charge in [-0.05, 0) is 43.0 Å². The van der Waals surface area contributed by atoms with E-state index in [9.17, 15) is 8.42 Å². The molecular weight excluding hydrogens is 360 g/mol. The summed E-state index contributed by atoms with van der Waals surface area (Å²) in [6.07, 6.45) is 6.32. The number of nitrogen functional groups attached to an aromatic ring is 1. The van der Waals surface area contributed by atoms with Crippen LogP contribution in [0.25, 0.3) is 0 Å². The Hall–Kier alpha value is -0.240. The van der Waals surface area contributed by atoms with Gasteiger partial charge in [-0.15, -0.1) is 0 Å². The van der Waals surface area contributed by atoms with E-state index >= 15 is 0 Å². The Kier molecular flexibility index (Phi) is 7.94. The van der Waals surface area contributed by atoms with Crippen molar-refractivity contribution in [2.24, 2.45) is 0 Å². The lowest BCUT2D eigenvalue weighted by atomic mass is 10.2. The fraction of sp³-hybridized carbons (Fsp3) is 0.538. The van der Waals surface area contributed by atoms with Crippen LogP contribution in [0.5, 0.6) is 0 Å². The molecule has 114 valence electrons. The molecule has 0 bridgehead atoms. The molecule has 0 fully saturated rings. The second-order valence-electron chi connectivity index (χ2n) is 4.49. The van der Waals surface area contributed by atoms with Gasteiger partial charge in [0.15, 0.2) is 0 Å². The summed E-state index contributed by atoms with van der Waals surface area (Å²) in [5.41, 5.74) is 6.00. The van der Waals surface area contributed by atoms with Crippen molar-refractivity contribution in [3.05, 3.63) is 22.7 Å². The molecule has 0 aromatic heterocycles. The quantitative estimate of drug-likeness (QED) is 0.509. The number of hydrogen-bond acceptors (Lipinski definition) is 4. The first-order valence-corrected chi connectivity index (χ1v) is 10.2. The van der Waals surface area contributed by atoms with Crippen LogP contribution < -0.4 is 10.5 Å². The van der Waals surface area contributed by atoms with Crippen LogP contribution in [0.2, 0.25) is 0 Å². The molecule has 20 heavy (non-hydrogen) atoms. The van der Waals surface area contributed by atoms with Crippen molar-refractivity contribution in [3.63, 3.8) is 0 Å². The monoisotopic (exact) mass is 380 g/mol. The number of benzene rings is 1. The highest BCUT2D eigenvalue weighted by atomic mass is 79.9. The van der Waals surface area contributed by atoms with E-state index in [-0.39, 0.29) is 10.6 Å². The average Bonchev–Trinajstić information content (AvgIpc) is 2.37. The van der Waals surface area contributed by atoms with Gasteiger partial charge in [0, 0.05) is 11.0 Å². The Labute approximate surface area is 134 Å². The van der Waals surface area contributed by atoms with Crippen molar-refractivity contribution >= 4 is 43.4 Å². The van der Waals surface area contributed by atoms with Gasteiger partial charge in [-0.1, -0.05) is 28.8 Å². The van der Waals surface area contributed by atoms with E-state index in [1.165, 1.54) is 18.2 Å². The van der Waals surface area contributed by atoms with Crippen LogP contribution in [0.1, 0.15) is 25.7 Å². The van der Waals surface area contributed by atoms with E-state index in [1.54, 1.807) is 12.1 Å².